The minimum atomic E-state index is -0.555. The lowest BCUT2D eigenvalue weighted by molar-refractivity contribution is 0.168. The van der Waals surface area contributed by atoms with E-state index < -0.39 is 6.09 Å². The van der Waals surface area contributed by atoms with Gasteiger partial charge in [0.25, 0.3) is 0 Å². The standard InChI is InChI=1S/C16H15N5O2/c1-2-23-16(22)19-14-9-8-13(20-21-14)18-12-7-3-5-11-6-4-10-17-15(11)12/h3-10H,2H2,1H3,(H,18,20)(H,19,21,22). The summed E-state index contributed by atoms with van der Waals surface area (Å²) >= 11 is 0. The van der Waals surface area contributed by atoms with E-state index in [1.54, 1.807) is 25.3 Å². The molecule has 2 N–H and O–H groups in total. The van der Waals surface area contributed by atoms with Crippen molar-refractivity contribution in [2.45, 2.75) is 6.92 Å². The molecule has 0 atom stereocenters. The summed E-state index contributed by atoms with van der Waals surface area (Å²) in [7, 11) is 0. The van der Waals surface area contributed by atoms with Crippen LogP contribution in [0, 0.1) is 0 Å². The lowest BCUT2D eigenvalue weighted by Gasteiger charge is -2.08. The van der Waals surface area contributed by atoms with Crippen LogP contribution in [0.4, 0.5) is 22.1 Å². The van der Waals surface area contributed by atoms with Gasteiger partial charge in [0.15, 0.2) is 11.6 Å². The zero-order valence-corrected chi connectivity index (χ0v) is 12.5. The molecular weight excluding hydrogens is 294 g/mol. The maximum absolute atomic E-state index is 11.3. The van der Waals surface area contributed by atoms with Gasteiger partial charge < -0.3 is 10.1 Å². The van der Waals surface area contributed by atoms with Crippen LogP contribution < -0.4 is 10.6 Å². The first-order valence-electron chi connectivity index (χ1n) is 7.14. The van der Waals surface area contributed by atoms with E-state index in [0.717, 1.165) is 16.6 Å². The van der Waals surface area contributed by atoms with Crippen molar-refractivity contribution in [1.82, 2.24) is 15.2 Å². The monoisotopic (exact) mass is 309 g/mol. The van der Waals surface area contributed by atoms with Gasteiger partial charge in [-0.25, -0.2) is 4.79 Å². The topological polar surface area (TPSA) is 89.0 Å². The van der Waals surface area contributed by atoms with Gasteiger partial charge >= 0.3 is 6.09 Å². The number of pyridine rings is 1. The zero-order chi connectivity index (χ0) is 16.1. The lowest BCUT2D eigenvalue weighted by atomic mass is 10.2. The molecule has 2 aromatic heterocycles. The van der Waals surface area contributed by atoms with E-state index in [1.807, 2.05) is 30.3 Å². The lowest BCUT2D eigenvalue weighted by Crippen LogP contribution is -2.14. The Labute approximate surface area is 132 Å². The highest BCUT2D eigenvalue weighted by atomic mass is 16.5. The molecule has 0 aliphatic heterocycles. The normalized spacial score (nSPS) is 10.3. The highest BCUT2D eigenvalue weighted by Gasteiger charge is 2.06. The number of aromatic nitrogens is 3. The van der Waals surface area contributed by atoms with Crippen molar-refractivity contribution in [2.24, 2.45) is 0 Å². The number of anilines is 3. The Morgan fingerprint density at radius 1 is 1.09 bits per heavy atom. The molecule has 0 radical (unpaired) electrons. The number of fused-ring (bicyclic) bond motifs is 1. The fraction of sp³-hybridized carbons (Fsp3) is 0.125. The van der Waals surface area contributed by atoms with Gasteiger partial charge in [-0.15, -0.1) is 10.2 Å². The van der Waals surface area contributed by atoms with Gasteiger partial charge in [-0.2, -0.15) is 0 Å². The Kier molecular flexibility index (Phi) is 4.28. The summed E-state index contributed by atoms with van der Waals surface area (Å²) in [6, 6.07) is 13.1. The number of hydrogen-bond acceptors (Lipinski definition) is 6. The molecule has 116 valence electrons. The fourth-order valence-electron chi connectivity index (χ4n) is 2.08. The number of nitrogens with zero attached hydrogens (tertiary/aromatic N) is 3. The Hall–Kier alpha value is -3.22. The van der Waals surface area contributed by atoms with Gasteiger partial charge in [0, 0.05) is 11.6 Å². The van der Waals surface area contributed by atoms with Crippen LogP contribution in [0.15, 0.2) is 48.7 Å². The number of benzene rings is 1. The van der Waals surface area contributed by atoms with E-state index in [0.29, 0.717) is 18.2 Å². The van der Waals surface area contributed by atoms with Crippen LogP contribution in [-0.4, -0.2) is 27.9 Å². The molecule has 0 unspecified atom stereocenters. The summed E-state index contributed by atoms with van der Waals surface area (Å²) in [4.78, 5) is 15.7. The molecule has 0 fully saturated rings. The average Bonchev–Trinajstić information content (AvgIpc) is 2.57. The van der Waals surface area contributed by atoms with E-state index in [1.165, 1.54) is 0 Å². The summed E-state index contributed by atoms with van der Waals surface area (Å²) < 4.78 is 4.78. The minimum Gasteiger partial charge on any atom is -0.450 e. The maximum atomic E-state index is 11.3. The highest BCUT2D eigenvalue weighted by Crippen LogP contribution is 2.23. The van der Waals surface area contributed by atoms with Crippen molar-refractivity contribution in [3.63, 3.8) is 0 Å². The quantitative estimate of drug-likeness (QED) is 0.768. The second-order valence-electron chi connectivity index (χ2n) is 4.65. The molecule has 1 aromatic carbocycles. The van der Waals surface area contributed by atoms with E-state index in [9.17, 15) is 4.79 Å². The maximum Gasteiger partial charge on any atom is 0.412 e. The van der Waals surface area contributed by atoms with Crippen LogP contribution in [0.2, 0.25) is 0 Å². The van der Waals surface area contributed by atoms with Gasteiger partial charge in [0.2, 0.25) is 0 Å². The van der Waals surface area contributed by atoms with Crippen molar-refractivity contribution >= 4 is 34.3 Å². The number of nitrogens with one attached hydrogen (secondary N) is 2. The van der Waals surface area contributed by atoms with Crippen LogP contribution in [0.3, 0.4) is 0 Å². The van der Waals surface area contributed by atoms with Crippen molar-refractivity contribution in [2.75, 3.05) is 17.2 Å². The van der Waals surface area contributed by atoms with Gasteiger partial charge in [-0.05, 0) is 31.2 Å². The predicted octanol–water partition coefficient (Wildman–Crippen LogP) is 3.34. The largest absolute Gasteiger partial charge is 0.450 e. The summed E-state index contributed by atoms with van der Waals surface area (Å²) in [5.41, 5.74) is 1.69. The van der Waals surface area contributed by atoms with E-state index in [2.05, 4.69) is 25.8 Å². The fourth-order valence-corrected chi connectivity index (χ4v) is 2.08. The number of para-hydroxylation sites is 1. The molecule has 0 aliphatic rings. The third-order valence-corrected chi connectivity index (χ3v) is 3.07. The second kappa shape index (κ2) is 6.69. The molecule has 7 heteroatoms. The Bertz CT molecular complexity index is 815. The highest BCUT2D eigenvalue weighted by molar-refractivity contribution is 5.91. The summed E-state index contributed by atoms with van der Waals surface area (Å²) in [6.45, 7) is 2.03. The molecule has 0 spiro atoms. The van der Waals surface area contributed by atoms with Gasteiger partial charge in [-0.3, -0.25) is 10.3 Å². The average molecular weight is 309 g/mol. The summed E-state index contributed by atoms with van der Waals surface area (Å²) in [6.07, 6.45) is 1.19. The van der Waals surface area contributed by atoms with Crippen LogP contribution >= 0.6 is 0 Å². The van der Waals surface area contributed by atoms with Gasteiger partial charge in [0.05, 0.1) is 17.8 Å². The van der Waals surface area contributed by atoms with Crippen LogP contribution in [-0.2, 0) is 4.74 Å². The molecule has 0 saturated heterocycles. The van der Waals surface area contributed by atoms with E-state index >= 15 is 0 Å². The van der Waals surface area contributed by atoms with Gasteiger partial charge in [-0.1, -0.05) is 18.2 Å². The van der Waals surface area contributed by atoms with E-state index in [-0.39, 0.29) is 0 Å². The molecule has 2 heterocycles. The van der Waals surface area contributed by atoms with Crippen LogP contribution in [0.1, 0.15) is 6.92 Å². The first kappa shape index (κ1) is 14.7. The van der Waals surface area contributed by atoms with Crippen LogP contribution in [0.5, 0.6) is 0 Å². The molecule has 3 rings (SSSR count). The van der Waals surface area contributed by atoms with Crippen molar-refractivity contribution in [3.8, 4) is 0 Å². The molecule has 7 nitrogen and oxygen atoms in total. The molecule has 1 amide bonds. The van der Waals surface area contributed by atoms with Crippen molar-refractivity contribution < 1.29 is 9.53 Å². The smallest absolute Gasteiger partial charge is 0.412 e. The number of ether oxygens (including phenoxy) is 1. The molecule has 23 heavy (non-hydrogen) atoms. The van der Waals surface area contributed by atoms with E-state index in [4.69, 9.17) is 4.74 Å². The molecule has 3 aromatic rings. The number of carbonyl (C=O) groups excluding carboxylic acids is 1. The van der Waals surface area contributed by atoms with Gasteiger partial charge in [0.1, 0.15) is 0 Å². The summed E-state index contributed by atoms with van der Waals surface area (Å²) in [5.74, 6) is 0.877. The second-order valence-corrected chi connectivity index (χ2v) is 4.65. The number of carbonyl (C=O) groups is 1. The first-order chi connectivity index (χ1) is 11.3. The third kappa shape index (κ3) is 3.52. The summed E-state index contributed by atoms with van der Waals surface area (Å²) in [5, 5.41) is 14.7. The predicted molar refractivity (Wildman–Crippen MR) is 87.7 cm³/mol. The number of amides is 1. The molecule has 0 aliphatic carbocycles. The number of hydrogen-bond donors (Lipinski definition) is 2. The molecule has 0 bridgehead atoms. The molecule has 0 saturated carbocycles. The number of rotatable bonds is 4. The van der Waals surface area contributed by atoms with Crippen molar-refractivity contribution in [1.29, 1.82) is 0 Å². The molecular formula is C16H15N5O2. The van der Waals surface area contributed by atoms with Crippen LogP contribution in [0.25, 0.3) is 10.9 Å². The SMILES string of the molecule is CCOC(=O)Nc1ccc(Nc2cccc3cccnc23)nn1. The Morgan fingerprint density at radius 2 is 1.87 bits per heavy atom. The Morgan fingerprint density at radius 3 is 2.65 bits per heavy atom. The van der Waals surface area contributed by atoms with Crippen molar-refractivity contribution in [3.05, 3.63) is 48.7 Å². The zero-order valence-electron chi connectivity index (χ0n) is 12.5. The Balaban J connectivity index is 1.76. The third-order valence-electron chi connectivity index (χ3n) is 3.07. The first-order valence-corrected chi connectivity index (χ1v) is 7.14. The minimum absolute atomic E-state index is 0.299.